The number of halogens is 1. The van der Waals surface area contributed by atoms with Gasteiger partial charge in [0.05, 0.1) is 11.9 Å². The smallest absolute Gasteiger partial charge is 0.232 e. The number of hydrogen-bond donors (Lipinski definition) is 1. The molecule has 0 saturated carbocycles. The lowest BCUT2D eigenvalue weighted by molar-refractivity contribution is -0.121. The summed E-state index contributed by atoms with van der Waals surface area (Å²) in [6.07, 6.45) is 6.53. The highest BCUT2D eigenvalue weighted by atomic mass is 79.9. The second-order valence-electron chi connectivity index (χ2n) is 6.61. The number of sulfonamides is 1. The molecule has 26 heavy (non-hydrogen) atoms. The highest BCUT2D eigenvalue weighted by molar-refractivity contribution is 9.10. The van der Waals surface area contributed by atoms with Gasteiger partial charge in [0, 0.05) is 24.0 Å². The van der Waals surface area contributed by atoms with Gasteiger partial charge in [-0.25, -0.2) is 8.42 Å². The molecule has 5 nitrogen and oxygen atoms in total. The summed E-state index contributed by atoms with van der Waals surface area (Å²) in [6, 6.07) is 7.20. The molecule has 1 aromatic rings. The Morgan fingerprint density at radius 1 is 1.23 bits per heavy atom. The van der Waals surface area contributed by atoms with Gasteiger partial charge >= 0.3 is 0 Å². The Balaban J connectivity index is 2.53. The molecule has 1 N–H and O–H groups in total. The maximum atomic E-state index is 12.1. The number of amides is 1. The number of nitrogens with zero attached hydrogens (tertiary/aromatic N) is 1. The molecule has 1 aromatic carbocycles. The number of unbranched alkanes of at least 4 members (excludes halogenated alkanes) is 1. The number of hydrogen-bond acceptors (Lipinski definition) is 3. The fourth-order valence-corrected chi connectivity index (χ4v) is 4.39. The van der Waals surface area contributed by atoms with Crippen LogP contribution in [-0.4, -0.2) is 33.7 Å². The zero-order valence-electron chi connectivity index (χ0n) is 16.0. The summed E-state index contributed by atoms with van der Waals surface area (Å²) in [6.45, 7) is 5.30. The minimum atomic E-state index is -3.41. The normalized spacial score (nSPS) is 12.6. The maximum absolute atomic E-state index is 12.1. The summed E-state index contributed by atoms with van der Waals surface area (Å²) in [5.74, 6) is 0.507. The Hall–Kier alpha value is -1.08. The van der Waals surface area contributed by atoms with Gasteiger partial charge in [0.25, 0.3) is 0 Å². The van der Waals surface area contributed by atoms with Gasteiger partial charge in [-0.15, -0.1) is 0 Å². The SMILES string of the molecule is CCCC[C@H](CC)CNC(=O)CCCN(c1ccccc1Br)S(C)(=O)=O. The Morgan fingerprint density at radius 2 is 1.92 bits per heavy atom. The van der Waals surface area contributed by atoms with Crippen LogP contribution in [0.1, 0.15) is 52.4 Å². The number of anilines is 1. The van der Waals surface area contributed by atoms with E-state index in [9.17, 15) is 13.2 Å². The molecule has 7 heteroatoms. The summed E-state index contributed by atoms with van der Waals surface area (Å²) < 4.78 is 26.3. The standard InChI is InChI=1S/C19H31BrN2O3S/c1-4-6-10-16(5-2)15-21-19(23)13-9-14-22(26(3,24)25)18-12-8-7-11-17(18)20/h7-8,11-12,16H,4-6,9-10,13-15H2,1-3H3,(H,21,23)/t16-/m0/s1. The van der Waals surface area contributed by atoms with E-state index in [1.54, 1.807) is 18.2 Å². The van der Waals surface area contributed by atoms with Crippen LogP contribution in [-0.2, 0) is 14.8 Å². The third-order valence-electron chi connectivity index (χ3n) is 4.42. The Kier molecular flexibility index (Phi) is 10.2. The van der Waals surface area contributed by atoms with Crippen LogP contribution in [0.25, 0.3) is 0 Å². The maximum Gasteiger partial charge on any atom is 0.232 e. The van der Waals surface area contributed by atoms with Gasteiger partial charge in [-0.2, -0.15) is 0 Å². The van der Waals surface area contributed by atoms with Crippen molar-refractivity contribution >= 4 is 37.5 Å². The Bertz CT molecular complexity index is 665. The van der Waals surface area contributed by atoms with Crippen LogP contribution in [0.4, 0.5) is 5.69 Å². The van der Waals surface area contributed by atoms with Crippen LogP contribution in [0.2, 0.25) is 0 Å². The predicted octanol–water partition coefficient (Wildman–Crippen LogP) is 4.33. The van der Waals surface area contributed by atoms with Gasteiger partial charge in [-0.05, 0) is 46.8 Å². The Morgan fingerprint density at radius 3 is 2.50 bits per heavy atom. The summed E-state index contributed by atoms with van der Waals surface area (Å²) in [7, 11) is -3.41. The van der Waals surface area contributed by atoms with Crippen molar-refractivity contribution in [3.63, 3.8) is 0 Å². The molecule has 0 aliphatic rings. The summed E-state index contributed by atoms with van der Waals surface area (Å²) >= 11 is 3.39. The van der Waals surface area contributed by atoms with Gasteiger partial charge < -0.3 is 5.32 Å². The van der Waals surface area contributed by atoms with E-state index < -0.39 is 10.0 Å². The number of para-hydroxylation sites is 1. The largest absolute Gasteiger partial charge is 0.356 e. The van der Waals surface area contributed by atoms with Crippen LogP contribution in [0.15, 0.2) is 28.7 Å². The number of rotatable bonds is 12. The molecule has 1 rings (SSSR count). The van der Waals surface area contributed by atoms with Gasteiger partial charge in [0.1, 0.15) is 0 Å². The molecular weight excluding hydrogens is 416 g/mol. The van der Waals surface area contributed by atoms with E-state index in [2.05, 4.69) is 35.1 Å². The second-order valence-corrected chi connectivity index (χ2v) is 9.37. The van der Waals surface area contributed by atoms with Crippen molar-refractivity contribution < 1.29 is 13.2 Å². The molecule has 1 amide bonds. The minimum Gasteiger partial charge on any atom is -0.356 e. The molecule has 0 heterocycles. The van der Waals surface area contributed by atoms with E-state index in [4.69, 9.17) is 0 Å². The van der Waals surface area contributed by atoms with E-state index in [1.807, 2.05) is 6.07 Å². The molecule has 148 valence electrons. The second kappa shape index (κ2) is 11.6. The van der Waals surface area contributed by atoms with Crippen molar-refractivity contribution in [3.8, 4) is 0 Å². The fraction of sp³-hybridized carbons (Fsp3) is 0.632. The van der Waals surface area contributed by atoms with Gasteiger partial charge in [-0.3, -0.25) is 9.10 Å². The third kappa shape index (κ3) is 8.08. The lowest BCUT2D eigenvalue weighted by Crippen LogP contribution is -2.33. The average Bonchev–Trinajstić information content (AvgIpc) is 2.59. The van der Waals surface area contributed by atoms with Crippen LogP contribution in [0, 0.1) is 5.92 Å². The lowest BCUT2D eigenvalue weighted by Gasteiger charge is -2.23. The molecule has 0 aliphatic heterocycles. The van der Waals surface area contributed by atoms with Gasteiger partial charge in [0.2, 0.25) is 15.9 Å². The molecule has 0 aromatic heterocycles. The van der Waals surface area contributed by atoms with Gasteiger partial charge in [-0.1, -0.05) is 45.2 Å². The van der Waals surface area contributed by atoms with E-state index in [0.717, 1.165) is 17.3 Å². The molecule has 0 saturated heterocycles. The topological polar surface area (TPSA) is 66.5 Å². The molecule has 0 fully saturated rings. The van der Waals surface area contributed by atoms with Crippen LogP contribution in [0.3, 0.4) is 0 Å². The predicted molar refractivity (Wildman–Crippen MR) is 112 cm³/mol. The first-order valence-electron chi connectivity index (χ1n) is 9.28. The van der Waals surface area contributed by atoms with E-state index in [0.29, 0.717) is 31.0 Å². The van der Waals surface area contributed by atoms with Crippen LogP contribution in [0.5, 0.6) is 0 Å². The molecule has 0 radical (unpaired) electrons. The summed E-state index contributed by atoms with van der Waals surface area (Å²) in [5.41, 5.74) is 0.598. The third-order valence-corrected chi connectivity index (χ3v) is 6.27. The molecule has 0 bridgehead atoms. The lowest BCUT2D eigenvalue weighted by atomic mass is 9.99. The zero-order valence-corrected chi connectivity index (χ0v) is 18.4. The van der Waals surface area contributed by atoms with Crippen LogP contribution < -0.4 is 9.62 Å². The first-order valence-corrected chi connectivity index (χ1v) is 11.9. The molecule has 0 aliphatic carbocycles. The minimum absolute atomic E-state index is 0.0134. The number of nitrogens with one attached hydrogen (secondary N) is 1. The Labute approximate surface area is 166 Å². The highest BCUT2D eigenvalue weighted by Gasteiger charge is 2.19. The molecule has 1 atom stereocenters. The monoisotopic (exact) mass is 446 g/mol. The first-order chi connectivity index (χ1) is 12.3. The fourth-order valence-electron chi connectivity index (χ4n) is 2.79. The van der Waals surface area contributed by atoms with E-state index in [-0.39, 0.29) is 12.5 Å². The number of carbonyl (C=O) groups excluding carboxylic acids is 1. The quantitative estimate of drug-likeness (QED) is 0.519. The van der Waals surface area contributed by atoms with Crippen molar-refractivity contribution in [2.75, 3.05) is 23.7 Å². The van der Waals surface area contributed by atoms with Crippen molar-refractivity contribution in [2.24, 2.45) is 5.92 Å². The van der Waals surface area contributed by atoms with Crippen molar-refractivity contribution in [2.45, 2.75) is 52.4 Å². The number of benzene rings is 1. The zero-order chi connectivity index (χ0) is 19.6. The highest BCUT2D eigenvalue weighted by Crippen LogP contribution is 2.27. The van der Waals surface area contributed by atoms with E-state index >= 15 is 0 Å². The summed E-state index contributed by atoms with van der Waals surface area (Å²) in [4.78, 5) is 12.1. The average molecular weight is 447 g/mol. The first kappa shape index (κ1) is 23.0. The molecule has 0 unspecified atom stereocenters. The molecular formula is C19H31BrN2O3S. The van der Waals surface area contributed by atoms with Crippen molar-refractivity contribution in [1.29, 1.82) is 0 Å². The van der Waals surface area contributed by atoms with Crippen molar-refractivity contribution in [1.82, 2.24) is 5.32 Å². The van der Waals surface area contributed by atoms with E-state index in [1.165, 1.54) is 23.4 Å². The van der Waals surface area contributed by atoms with Gasteiger partial charge in [0.15, 0.2) is 0 Å². The van der Waals surface area contributed by atoms with Crippen LogP contribution >= 0.6 is 15.9 Å². The van der Waals surface area contributed by atoms with Crippen molar-refractivity contribution in [3.05, 3.63) is 28.7 Å². The number of carbonyl (C=O) groups is 1. The summed E-state index contributed by atoms with van der Waals surface area (Å²) in [5, 5.41) is 2.99. The molecule has 0 spiro atoms.